The van der Waals surface area contributed by atoms with Crippen molar-refractivity contribution in [1.82, 2.24) is 29.4 Å². The average Bonchev–Trinajstić information content (AvgIpc) is 3.10. The number of aryl methyl sites for hydroxylation is 2. The van der Waals surface area contributed by atoms with Crippen LogP contribution < -0.4 is 0 Å². The molecule has 0 saturated carbocycles. The Morgan fingerprint density at radius 1 is 1.21 bits per heavy atom. The van der Waals surface area contributed by atoms with Crippen molar-refractivity contribution in [1.29, 1.82) is 0 Å². The van der Waals surface area contributed by atoms with Crippen molar-refractivity contribution in [3.63, 3.8) is 0 Å². The topological polar surface area (TPSA) is 72.0 Å². The highest BCUT2D eigenvalue weighted by molar-refractivity contribution is 6.30. The average molecular weight is 353 g/mol. The molecule has 2 aromatic heterocycles. The zero-order valence-electron chi connectivity index (χ0n) is 14.5. The minimum Gasteiger partial charge on any atom is -0.388 e. The first-order valence-electron chi connectivity index (χ1n) is 8.46. The summed E-state index contributed by atoms with van der Waals surface area (Å²) in [5.74, 6) is 2.00. The van der Waals surface area contributed by atoms with Crippen molar-refractivity contribution in [3.8, 4) is 0 Å². The van der Waals surface area contributed by atoms with Gasteiger partial charge in [-0.1, -0.05) is 18.5 Å². The van der Waals surface area contributed by atoms with Crippen LogP contribution in [0.2, 0.25) is 5.15 Å². The van der Waals surface area contributed by atoms with Gasteiger partial charge >= 0.3 is 0 Å². The molecule has 0 aliphatic carbocycles. The van der Waals surface area contributed by atoms with Gasteiger partial charge < -0.3 is 9.67 Å². The van der Waals surface area contributed by atoms with Crippen LogP contribution in [0.1, 0.15) is 48.6 Å². The van der Waals surface area contributed by atoms with Gasteiger partial charge in [0.2, 0.25) is 0 Å². The zero-order chi connectivity index (χ0) is 17.3. The Kier molecular flexibility index (Phi) is 5.22. The number of likely N-dealkylation sites (tertiary alicyclic amines) is 1. The molecule has 0 bridgehead atoms. The van der Waals surface area contributed by atoms with Gasteiger partial charge in [0.1, 0.15) is 17.6 Å². The lowest BCUT2D eigenvalue weighted by atomic mass is 9.95. The van der Waals surface area contributed by atoms with Crippen LogP contribution in [0.5, 0.6) is 0 Å². The van der Waals surface area contributed by atoms with Gasteiger partial charge in [-0.15, -0.1) is 10.2 Å². The lowest BCUT2D eigenvalue weighted by Gasteiger charge is -2.31. The van der Waals surface area contributed by atoms with E-state index >= 15 is 0 Å². The predicted octanol–water partition coefficient (Wildman–Crippen LogP) is 1.64. The Balaban J connectivity index is 1.64. The van der Waals surface area contributed by atoms with Crippen LogP contribution in [-0.4, -0.2) is 47.6 Å². The van der Waals surface area contributed by atoms with Crippen LogP contribution in [-0.2, 0) is 33.7 Å². The number of hydrogen-bond acceptors (Lipinski definition) is 5. The highest BCUT2D eigenvalue weighted by Crippen LogP contribution is 2.29. The van der Waals surface area contributed by atoms with E-state index in [9.17, 15) is 5.11 Å². The maximum Gasteiger partial charge on any atom is 0.158 e. The third kappa shape index (κ3) is 3.20. The molecule has 0 spiro atoms. The summed E-state index contributed by atoms with van der Waals surface area (Å²) in [4.78, 5) is 2.43. The number of piperidine rings is 1. The second-order valence-electron chi connectivity index (χ2n) is 6.44. The van der Waals surface area contributed by atoms with Gasteiger partial charge in [0.05, 0.1) is 5.69 Å². The molecule has 0 atom stereocenters. The summed E-state index contributed by atoms with van der Waals surface area (Å²) in [6, 6.07) is 0. The number of aromatic nitrogens is 5. The molecule has 3 rings (SSSR count). The van der Waals surface area contributed by atoms with Crippen molar-refractivity contribution in [3.05, 3.63) is 28.1 Å². The Bertz CT molecular complexity index is 702. The molecule has 1 fully saturated rings. The third-order valence-electron chi connectivity index (χ3n) is 4.96. The minimum absolute atomic E-state index is 0.0678. The standard InChI is InChI=1S/C16H25ClN6O/c1-4-13-12(15(17)22(3)20-13)9-23-7-5-11(6-8-23)16-19-18-14(10-24)21(16)2/h11,24H,4-10H2,1-3H3. The van der Waals surface area contributed by atoms with Crippen molar-refractivity contribution >= 4 is 11.6 Å². The van der Waals surface area contributed by atoms with Crippen LogP contribution in [0.25, 0.3) is 0 Å². The molecule has 24 heavy (non-hydrogen) atoms. The first-order chi connectivity index (χ1) is 11.5. The summed E-state index contributed by atoms with van der Waals surface area (Å²) in [6.45, 7) is 4.90. The van der Waals surface area contributed by atoms with Gasteiger partial charge in [0, 0.05) is 32.1 Å². The Morgan fingerprint density at radius 3 is 2.50 bits per heavy atom. The van der Waals surface area contributed by atoms with Crippen molar-refractivity contribution in [2.24, 2.45) is 14.1 Å². The molecule has 7 nitrogen and oxygen atoms in total. The first kappa shape index (κ1) is 17.4. The van der Waals surface area contributed by atoms with Gasteiger partial charge in [-0.3, -0.25) is 9.58 Å². The highest BCUT2D eigenvalue weighted by atomic mass is 35.5. The quantitative estimate of drug-likeness (QED) is 0.885. The molecule has 1 N–H and O–H groups in total. The van der Waals surface area contributed by atoms with E-state index in [2.05, 4.69) is 27.1 Å². The molecule has 1 aliphatic heterocycles. The largest absolute Gasteiger partial charge is 0.388 e. The second kappa shape index (κ2) is 7.21. The summed E-state index contributed by atoms with van der Waals surface area (Å²) < 4.78 is 3.69. The molecule has 8 heteroatoms. The molecule has 0 aromatic carbocycles. The van der Waals surface area contributed by atoms with E-state index in [0.717, 1.165) is 61.1 Å². The monoisotopic (exact) mass is 352 g/mol. The zero-order valence-corrected chi connectivity index (χ0v) is 15.3. The normalized spacial score (nSPS) is 16.9. The number of hydrogen-bond donors (Lipinski definition) is 1. The fourth-order valence-corrected chi connectivity index (χ4v) is 3.69. The highest BCUT2D eigenvalue weighted by Gasteiger charge is 2.26. The summed E-state index contributed by atoms with van der Waals surface area (Å²) in [7, 11) is 3.82. The number of rotatable bonds is 5. The van der Waals surface area contributed by atoms with E-state index in [1.165, 1.54) is 0 Å². The molecule has 2 aromatic rings. The van der Waals surface area contributed by atoms with Gasteiger partial charge in [-0.25, -0.2) is 0 Å². The molecular formula is C16H25ClN6O. The van der Waals surface area contributed by atoms with Crippen molar-refractivity contribution in [2.75, 3.05) is 13.1 Å². The number of halogens is 1. The van der Waals surface area contributed by atoms with E-state index in [-0.39, 0.29) is 6.61 Å². The van der Waals surface area contributed by atoms with Crippen LogP contribution >= 0.6 is 11.6 Å². The summed E-state index contributed by atoms with van der Waals surface area (Å²) in [5.41, 5.74) is 2.24. The lowest BCUT2D eigenvalue weighted by Crippen LogP contribution is -2.33. The Hall–Kier alpha value is -1.44. The maximum absolute atomic E-state index is 9.26. The van der Waals surface area contributed by atoms with Crippen LogP contribution in [0.15, 0.2) is 0 Å². The number of nitrogens with zero attached hydrogens (tertiary/aromatic N) is 6. The molecule has 132 valence electrons. The molecular weight excluding hydrogens is 328 g/mol. The van der Waals surface area contributed by atoms with Gasteiger partial charge in [0.15, 0.2) is 5.82 Å². The molecule has 1 aliphatic rings. The molecule has 3 heterocycles. The SMILES string of the molecule is CCc1nn(C)c(Cl)c1CN1CCC(c2nnc(CO)n2C)CC1. The first-order valence-corrected chi connectivity index (χ1v) is 8.84. The van der Waals surface area contributed by atoms with Crippen molar-refractivity contribution in [2.45, 2.75) is 45.3 Å². The van der Waals surface area contributed by atoms with Crippen LogP contribution in [0.3, 0.4) is 0 Å². The summed E-state index contributed by atoms with van der Waals surface area (Å²) >= 11 is 6.40. The van der Waals surface area contributed by atoms with Gasteiger partial charge in [-0.05, 0) is 32.4 Å². The lowest BCUT2D eigenvalue weighted by molar-refractivity contribution is 0.199. The van der Waals surface area contributed by atoms with E-state index in [1.807, 2.05) is 18.7 Å². The van der Waals surface area contributed by atoms with E-state index in [1.54, 1.807) is 4.68 Å². The fourth-order valence-electron chi connectivity index (χ4n) is 3.48. The molecule has 0 radical (unpaired) electrons. The smallest absolute Gasteiger partial charge is 0.158 e. The van der Waals surface area contributed by atoms with E-state index < -0.39 is 0 Å². The fraction of sp³-hybridized carbons (Fsp3) is 0.688. The molecule has 0 amide bonds. The summed E-state index contributed by atoms with van der Waals surface area (Å²) in [6.07, 6.45) is 2.97. The third-order valence-corrected chi connectivity index (χ3v) is 5.43. The number of aliphatic hydroxyl groups is 1. The summed E-state index contributed by atoms with van der Waals surface area (Å²) in [5, 5.41) is 22.8. The van der Waals surface area contributed by atoms with E-state index in [0.29, 0.717) is 11.7 Å². The van der Waals surface area contributed by atoms with Crippen molar-refractivity contribution < 1.29 is 5.11 Å². The van der Waals surface area contributed by atoms with Gasteiger partial charge in [-0.2, -0.15) is 5.10 Å². The number of aliphatic hydroxyl groups excluding tert-OH is 1. The maximum atomic E-state index is 9.26. The Labute approximate surface area is 147 Å². The second-order valence-corrected chi connectivity index (χ2v) is 6.79. The minimum atomic E-state index is -0.0678. The predicted molar refractivity (Wildman–Crippen MR) is 91.8 cm³/mol. The Morgan fingerprint density at radius 2 is 1.92 bits per heavy atom. The molecule has 0 unspecified atom stereocenters. The van der Waals surface area contributed by atoms with Gasteiger partial charge in [0.25, 0.3) is 0 Å². The van der Waals surface area contributed by atoms with E-state index in [4.69, 9.17) is 11.6 Å². The van der Waals surface area contributed by atoms with Crippen LogP contribution in [0.4, 0.5) is 0 Å². The van der Waals surface area contributed by atoms with Crippen LogP contribution in [0, 0.1) is 0 Å². The molecule has 1 saturated heterocycles.